The number of benzene rings is 1. The van der Waals surface area contributed by atoms with Crippen molar-refractivity contribution in [3.63, 3.8) is 0 Å². The average Bonchev–Trinajstić information content (AvgIpc) is 3.05. The maximum atomic E-state index is 5.94. The second-order valence-electron chi connectivity index (χ2n) is 10.6. The van der Waals surface area contributed by atoms with Crippen molar-refractivity contribution in [3.8, 4) is 0 Å². The molecule has 6 rings (SSSR count). The Kier molecular flexibility index (Phi) is 4.75. The van der Waals surface area contributed by atoms with Crippen LogP contribution in [-0.2, 0) is 5.41 Å². The Bertz CT molecular complexity index is 766. The molecular formula is C25H34N2S. The first-order valence-electron chi connectivity index (χ1n) is 11.4. The maximum absolute atomic E-state index is 5.94. The van der Waals surface area contributed by atoms with E-state index < -0.39 is 0 Å². The molecule has 0 radical (unpaired) electrons. The Morgan fingerprint density at radius 2 is 1.89 bits per heavy atom. The van der Waals surface area contributed by atoms with Crippen LogP contribution in [0.15, 0.2) is 35.3 Å². The topological polar surface area (TPSA) is 38.4 Å². The average molecular weight is 395 g/mol. The molecule has 5 aliphatic carbocycles. The highest BCUT2D eigenvalue weighted by atomic mass is 32.1. The molecule has 0 aliphatic heterocycles. The maximum Gasteiger partial charge on any atom is 0.106 e. The van der Waals surface area contributed by atoms with Crippen LogP contribution in [0.3, 0.4) is 0 Å². The van der Waals surface area contributed by atoms with E-state index in [1.807, 2.05) is 0 Å². The monoisotopic (exact) mass is 394 g/mol. The number of aliphatic imine (C=N–C) groups is 1. The molecule has 28 heavy (non-hydrogen) atoms. The van der Waals surface area contributed by atoms with E-state index >= 15 is 0 Å². The lowest BCUT2D eigenvalue weighted by Gasteiger charge is -2.42. The summed E-state index contributed by atoms with van der Waals surface area (Å²) in [6.45, 7) is 3.38. The van der Waals surface area contributed by atoms with Gasteiger partial charge in [0.1, 0.15) is 4.99 Å². The largest absolute Gasteiger partial charge is 0.330 e. The van der Waals surface area contributed by atoms with Crippen molar-refractivity contribution in [1.82, 2.24) is 0 Å². The second kappa shape index (κ2) is 7.02. The van der Waals surface area contributed by atoms with Gasteiger partial charge in [0.2, 0.25) is 0 Å². The van der Waals surface area contributed by atoms with Gasteiger partial charge in [0.25, 0.3) is 0 Å². The number of hydrogen-bond acceptors (Lipinski definition) is 2. The summed E-state index contributed by atoms with van der Waals surface area (Å²) in [6.07, 6.45) is 12.5. The predicted octanol–water partition coefficient (Wildman–Crippen LogP) is 5.54. The summed E-state index contributed by atoms with van der Waals surface area (Å²) < 4.78 is 0. The Balaban J connectivity index is 1.30. The number of hydrogen-bond donors (Lipinski definition) is 1. The van der Waals surface area contributed by atoms with Crippen LogP contribution in [0, 0.1) is 35.0 Å². The summed E-state index contributed by atoms with van der Waals surface area (Å²) in [6, 6.07) is 11.3. The Morgan fingerprint density at radius 3 is 2.57 bits per heavy atom. The molecule has 0 spiro atoms. The third-order valence-electron chi connectivity index (χ3n) is 8.88. The SMILES string of the molecule is CC12CC3CC(c4ccccc4)(CC1C3C(=S)N=CC1CCC(CN)CC1)C2. The zero-order chi connectivity index (χ0) is 19.4. The van der Waals surface area contributed by atoms with Gasteiger partial charge in [0.05, 0.1) is 0 Å². The third kappa shape index (κ3) is 3.01. The summed E-state index contributed by atoms with van der Waals surface area (Å²) in [4.78, 5) is 5.93. The number of thiocarbonyl (C=S) groups is 1. The van der Waals surface area contributed by atoms with Crippen molar-refractivity contribution >= 4 is 23.4 Å². The highest BCUT2D eigenvalue weighted by molar-refractivity contribution is 7.80. The highest BCUT2D eigenvalue weighted by Gasteiger charge is 2.66. The van der Waals surface area contributed by atoms with E-state index in [0.29, 0.717) is 22.7 Å². The van der Waals surface area contributed by atoms with E-state index in [0.717, 1.165) is 29.3 Å². The lowest BCUT2D eigenvalue weighted by Crippen LogP contribution is -2.37. The predicted molar refractivity (Wildman–Crippen MR) is 121 cm³/mol. The van der Waals surface area contributed by atoms with Gasteiger partial charge in [-0.05, 0) is 98.0 Å². The Hall–Kier alpha value is -1.06. The summed E-state index contributed by atoms with van der Waals surface area (Å²) in [5.74, 6) is 3.34. The minimum absolute atomic E-state index is 0.403. The molecule has 2 N–H and O–H groups in total. The van der Waals surface area contributed by atoms with E-state index in [2.05, 4.69) is 43.5 Å². The molecule has 3 heteroatoms. The van der Waals surface area contributed by atoms with E-state index in [1.54, 1.807) is 5.56 Å². The zero-order valence-electron chi connectivity index (χ0n) is 17.1. The molecule has 0 aromatic heterocycles. The molecule has 5 aliphatic rings. The third-order valence-corrected chi connectivity index (χ3v) is 9.26. The minimum atomic E-state index is 0.403. The Morgan fingerprint density at radius 1 is 1.14 bits per heavy atom. The fourth-order valence-electron chi connectivity index (χ4n) is 7.68. The molecule has 150 valence electrons. The van der Waals surface area contributed by atoms with Crippen LogP contribution in [0.25, 0.3) is 0 Å². The second-order valence-corrected chi connectivity index (χ2v) is 11.0. The van der Waals surface area contributed by atoms with Crippen molar-refractivity contribution in [2.75, 3.05) is 6.54 Å². The van der Waals surface area contributed by atoms with Crippen LogP contribution in [0.5, 0.6) is 0 Å². The van der Waals surface area contributed by atoms with Crippen molar-refractivity contribution < 1.29 is 0 Å². The van der Waals surface area contributed by atoms with Crippen molar-refractivity contribution in [2.45, 2.75) is 63.7 Å². The molecule has 1 aromatic rings. The molecule has 0 saturated heterocycles. The lowest BCUT2D eigenvalue weighted by molar-refractivity contribution is 0.184. The standard InChI is InChI=1S/C25H34N2S/c1-24-11-19-12-25(16-24,20-5-3-2-4-6-20)13-21(24)22(19)23(28)27-15-18-9-7-17(14-26)8-10-18/h2-6,15,17-19,21-22H,7-14,16,26H2,1H3. The van der Waals surface area contributed by atoms with Gasteiger partial charge in [-0.25, -0.2) is 0 Å². The number of rotatable bonds is 4. The van der Waals surface area contributed by atoms with Gasteiger partial charge in [-0.3, -0.25) is 4.99 Å². The fraction of sp³-hybridized carbons (Fsp3) is 0.680. The van der Waals surface area contributed by atoms with Gasteiger partial charge < -0.3 is 5.73 Å². The summed E-state index contributed by atoms with van der Waals surface area (Å²) >= 11 is 5.94. The molecule has 4 bridgehead atoms. The van der Waals surface area contributed by atoms with Gasteiger partial charge >= 0.3 is 0 Å². The lowest BCUT2D eigenvalue weighted by atomic mass is 9.62. The normalized spacial score (nSPS) is 44.4. The summed E-state index contributed by atoms with van der Waals surface area (Å²) in [5, 5.41) is 0. The van der Waals surface area contributed by atoms with Gasteiger partial charge in [-0.2, -0.15) is 0 Å². The molecule has 0 amide bonds. The van der Waals surface area contributed by atoms with E-state index in [9.17, 15) is 0 Å². The fourth-order valence-corrected chi connectivity index (χ4v) is 8.10. The molecule has 2 nitrogen and oxygen atoms in total. The first kappa shape index (κ1) is 18.9. The molecule has 5 saturated carbocycles. The van der Waals surface area contributed by atoms with Crippen molar-refractivity contribution in [3.05, 3.63) is 35.9 Å². The first-order valence-corrected chi connectivity index (χ1v) is 11.8. The molecular weight excluding hydrogens is 360 g/mol. The Labute approximate surface area is 175 Å². The molecule has 5 fully saturated rings. The van der Waals surface area contributed by atoms with Crippen molar-refractivity contribution in [2.24, 2.45) is 45.7 Å². The van der Waals surface area contributed by atoms with Crippen LogP contribution >= 0.6 is 12.2 Å². The van der Waals surface area contributed by atoms with Gasteiger partial charge in [0, 0.05) is 12.1 Å². The van der Waals surface area contributed by atoms with Crippen LogP contribution in [-0.4, -0.2) is 17.7 Å². The van der Waals surface area contributed by atoms with Crippen molar-refractivity contribution in [1.29, 1.82) is 0 Å². The minimum Gasteiger partial charge on any atom is -0.330 e. The highest BCUT2D eigenvalue weighted by Crippen LogP contribution is 2.72. The summed E-state index contributed by atoms with van der Waals surface area (Å²) in [5.41, 5.74) is 8.26. The zero-order valence-corrected chi connectivity index (χ0v) is 18.0. The summed E-state index contributed by atoms with van der Waals surface area (Å²) in [7, 11) is 0. The molecule has 0 heterocycles. The first-order chi connectivity index (χ1) is 13.5. The molecule has 1 aromatic carbocycles. The van der Waals surface area contributed by atoms with Crippen LogP contribution in [0.1, 0.15) is 63.9 Å². The smallest absolute Gasteiger partial charge is 0.106 e. The number of nitrogens with zero attached hydrogens (tertiary/aromatic N) is 1. The van der Waals surface area contributed by atoms with E-state index in [-0.39, 0.29) is 0 Å². The van der Waals surface area contributed by atoms with Gasteiger partial charge in [0.15, 0.2) is 0 Å². The van der Waals surface area contributed by atoms with E-state index in [1.165, 1.54) is 51.4 Å². The van der Waals surface area contributed by atoms with Crippen LogP contribution in [0.2, 0.25) is 0 Å². The van der Waals surface area contributed by atoms with E-state index in [4.69, 9.17) is 22.9 Å². The van der Waals surface area contributed by atoms with Crippen LogP contribution < -0.4 is 5.73 Å². The molecule has 5 unspecified atom stereocenters. The van der Waals surface area contributed by atoms with Crippen LogP contribution in [0.4, 0.5) is 0 Å². The quantitative estimate of drug-likeness (QED) is 0.537. The van der Waals surface area contributed by atoms with Gasteiger partial charge in [-0.1, -0.05) is 49.5 Å². The van der Waals surface area contributed by atoms with Gasteiger partial charge in [-0.15, -0.1) is 0 Å². The molecule has 5 atom stereocenters. The number of nitrogens with two attached hydrogens (primary N) is 1.